The Morgan fingerprint density at radius 3 is 2.65 bits per heavy atom. The van der Waals surface area contributed by atoms with Crippen LogP contribution in [0.25, 0.3) is 0 Å². The van der Waals surface area contributed by atoms with E-state index in [2.05, 4.69) is 11.4 Å². The standard InChI is InChI=1S/C20H20N2O4/c1-20(2,15-5-8-17-18(11-15)26-13-25-17)22-19(23)12-24-16-6-3-14(4-7-16)9-10-21/h3-8,11H,9,12-13H2,1-2H3,(H,22,23). The molecule has 0 radical (unpaired) electrons. The number of nitriles is 1. The predicted octanol–water partition coefficient (Wildman–Crippen LogP) is 2.91. The molecule has 1 aliphatic heterocycles. The van der Waals surface area contributed by atoms with Crippen LogP contribution in [0, 0.1) is 11.3 Å². The van der Waals surface area contributed by atoms with Crippen molar-refractivity contribution < 1.29 is 19.0 Å². The van der Waals surface area contributed by atoms with E-state index in [-0.39, 0.29) is 19.3 Å². The number of nitrogens with zero attached hydrogens (tertiary/aromatic N) is 1. The molecule has 1 N–H and O–H groups in total. The van der Waals surface area contributed by atoms with Crippen molar-refractivity contribution in [1.29, 1.82) is 5.26 Å². The van der Waals surface area contributed by atoms with Gasteiger partial charge in [-0.1, -0.05) is 18.2 Å². The lowest BCUT2D eigenvalue weighted by Crippen LogP contribution is -2.43. The van der Waals surface area contributed by atoms with E-state index >= 15 is 0 Å². The van der Waals surface area contributed by atoms with Gasteiger partial charge in [0.05, 0.1) is 18.0 Å². The monoisotopic (exact) mass is 352 g/mol. The number of nitrogens with one attached hydrogen (secondary N) is 1. The number of carbonyl (C=O) groups is 1. The van der Waals surface area contributed by atoms with Gasteiger partial charge in [-0.15, -0.1) is 0 Å². The fourth-order valence-corrected chi connectivity index (χ4v) is 2.69. The molecular weight excluding hydrogens is 332 g/mol. The number of carbonyl (C=O) groups excluding carboxylic acids is 1. The maximum absolute atomic E-state index is 12.3. The van der Waals surface area contributed by atoms with Crippen LogP contribution in [0.4, 0.5) is 0 Å². The van der Waals surface area contributed by atoms with E-state index in [9.17, 15) is 4.79 Å². The molecule has 0 fully saturated rings. The summed E-state index contributed by atoms with van der Waals surface area (Å²) in [5, 5.41) is 11.6. The number of ether oxygens (including phenoxy) is 3. The smallest absolute Gasteiger partial charge is 0.258 e. The van der Waals surface area contributed by atoms with E-state index in [1.54, 1.807) is 12.1 Å². The lowest BCUT2D eigenvalue weighted by molar-refractivity contribution is -0.124. The summed E-state index contributed by atoms with van der Waals surface area (Å²) in [7, 11) is 0. The molecule has 6 heteroatoms. The molecule has 1 amide bonds. The van der Waals surface area contributed by atoms with Gasteiger partial charge in [-0.25, -0.2) is 0 Å². The second-order valence-electron chi connectivity index (χ2n) is 6.51. The molecular formula is C20H20N2O4. The number of hydrogen-bond donors (Lipinski definition) is 1. The van der Waals surface area contributed by atoms with E-state index in [1.807, 2.05) is 44.2 Å². The lowest BCUT2D eigenvalue weighted by Gasteiger charge is -2.27. The van der Waals surface area contributed by atoms with Crippen molar-refractivity contribution >= 4 is 5.91 Å². The summed E-state index contributed by atoms with van der Waals surface area (Å²) >= 11 is 0. The molecule has 1 aliphatic rings. The first-order valence-electron chi connectivity index (χ1n) is 8.28. The number of benzene rings is 2. The molecule has 26 heavy (non-hydrogen) atoms. The van der Waals surface area contributed by atoms with Crippen LogP contribution >= 0.6 is 0 Å². The van der Waals surface area contributed by atoms with Crippen LogP contribution in [-0.4, -0.2) is 19.3 Å². The third-order valence-electron chi connectivity index (χ3n) is 4.12. The van der Waals surface area contributed by atoms with Crippen molar-refractivity contribution in [3.05, 3.63) is 53.6 Å². The first kappa shape index (κ1) is 17.6. The minimum atomic E-state index is -0.585. The summed E-state index contributed by atoms with van der Waals surface area (Å²) in [4.78, 5) is 12.3. The van der Waals surface area contributed by atoms with Crippen LogP contribution in [0.15, 0.2) is 42.5 Å². The maximum atomic E-state index is 12.3. The first-order valence-corrected chi connectivity index (χ1v) is 8.28. The topological polar surface area (TPSA) is 80.6 Å². The van der Waals surface area contributed by atoms with Gasteiger partial charge >= 0.3 is 0 Å². The molecule has 0 saturated carbocycles. The van der Waals surface area contributed by atoms with Gasteiger partial charge in [-0.05, 0) is 49.2 Å². The fraction of sp³-hybridized carbons (Fsp3) is 0.300. The predicted molar refractivity (Wildman–Crippen MR) is 95.0 cm³/mol. The number of hydrogen-bond acceptors (Lipinski definition) is 5. The SMILES string of the molecule is CC(C)(NC(=O)COc1ccc(CC#N)cc1)c1ccc2c(c1)OCO2. The van der Waals surface area contributed by atoms with E-state index < -0.39 is 5.54 Å². The number of rotatable bonds is 6. The Kier molecular flexibility index (Phi) is 4.99. The van der Waals surface area contributed by atoms with E-state index in [1.165, 1.54) is 0 Å². The summed E-state index contributed by atoms with van der Waals surface area (Å²) < 4.78 is 16.2. The normalized spacial score (nSPS) is 12.3. The van der Waals surface area contributed by atoms with Gasteiger partial charge in [0, 0.05) is 0 Å². The van der Waals surface area contributed by atoms with E-state index in [0.717, 1.165) is 11.1 Å². The highest BCUT2D eigenvalue weighted by Crippen LogP contribution is 2.35. The average Bonchev–Trinajstić information content (AvgIpc) is 3.09. The molecule has 2 aromatic carbocycles. The van der Waals surface area contributed by atoms with Gasteiger partial charge in [0.2, 0.25) is 6.79 Å². The van der Waals surface area contributed by atoms with Crippen LogP contribution in [0.3, 0.4) is 0 Å². The summed E-state index contributed by atoms with van der Waals surface area (Å²) in [6.07, 6.45) is 0.352. The van der Waals surface area contributed by atoms with Gasteiger partial charge in [0.1, 0.15) is 5.75 Å². The highest BCUT2D eigenvalue weighted by atomic mass is 16.7. The van der Waals surface area contributed by atoms with E-state index in [0.29, 0.717) is 23.7 Å². The minimum Gasteiger partial charge on any atom is -0.484 e. The van der Waals surface area contributed by atoms with Crippen molar-refractivity contribution in [2.45, 2.75) is 25.8 Å². The van der Waals surface area contributed by atoms with Crippen LogP contribution in [0.2, 0.25) is 0 Å². The van der Waals surface area contributed by atoms with Gasteiger partial charge in [-0.2, -0.15) is 5.26 Å². The molecule has 0 aromatic heterocycles. The molecule has 1 heterocycles. The molecule has 0 aliphatic carbocycles. The zero-order valence-electron chi connectivity index (χ0n) is 14.7. The second-order valence-corrected chi connectivity index (χ2v) is 6.51. The maximum Gasteiger partial charge on any atom is 0.258 e. The molecule has 0 saturated heterocycles. The van der Waals surface area contributed by atoms with Crippen molar-refractivity contribution in [2.75, 3.05) is 13.4 Å². The van der Waals surface area contributed by atoms with Crippen LogP contribution in [-0.2, 0) is 16.8 Å². The van der Waals surface area contributed by atoms with Crippen molar-refractivity contribution in [2.24, 2.45) is 0 Å². The van der Waals surface area contributed by atoms with Gasteiger partial charge < -0.3 is 19.5 Å². The second kappa shape index (κ2) is 7.36. The van der Waals surface area contributed by atoms with Crippen molar-refractivity contribution in [1.82, 2.24) is 5.32 Å². The van der Waals surface area contributed by atoms with Crippen LogP contribution < -0.4 is 19.5 Å². The molecule has 0 atom stereocenters. The fourth-order valence-electron chi connectivity index (χ4n) is 2.69. The number of amides is 1. The Labute approximate surface area is 152 Å². The summed E-state index contributed by atoms with van der Waals surface area (Å²) in [5.74, 6) is 1.74. The Balaban J connectivity index is 1.57. The highest BCUT2D eigenvalue weighted by Gasteiger charge is 2.25. The quantitative estimate of drug-likeness (QED) is 0.864. The summed E-state index contributed by atoms with van der Waals surface area (Å²) in [6, 6.07) is 14.8. The van der Waals surface area contributed by atoms with Crippen molar-refractivity contribution in [3.8, 4) is 23.3 Å². The lowest BCUT2D eigenvalue weighted by atomic mass is 9.94. The Morgan fingerprint density at radius 1 is 1.19 bits per heavy atom. The first-order chi connectivity index (χ1) is 12.5. The molecule has 2 aromatic rings. The highest BCUT2D eigenvalue weighted by molar-refractivity contribution is 5.78. The molecule has 6 nitrogen and oxygen atoms in total. The molecule has 0 unspecified atom stereocenters. The van der Waals surface area contributed by atoms with Gasteiger partial charge in [-0.3, -0.25) is 4.79 Å². The molecule has 134 valence electrons. The molecule has 3 rings (SSSR count). The summed E-state index contributed by atoms with van der Waals surface area (Å²) in [6.45, 7) is 3.95. The largest absolute Gasteiger partial charge is 0.484 e. The zero-order chi connectivity index (χ0) is 18.6. The Hall–Kier alpha value is -3.20. The van der Waals surface area contributed by atoms with Gasteiger partial charge in [0.15, 0.2) is 18.1 Å². The van der Waals surface area contributed by atoms with Crippen LogP contribution in [0.1, 0.15) is 25.0 Å². The molecule has 0 bridgehead atoms. The van der Waals surface area contributed by atoms with Crippen molar-refractivity contribution in [3.63, 3.8) is 0 Å². The third kappa shape index (κ3) is 4.06. The minimum absolute atomic E-state index is 0.0917. The average molecular weight is 352 g/mol. The van der Waals surface area contributed by atoms with E-state index in [4.69, 9.17) is 19.5 Å². The third-order valence-corrected chi connectivity index (χ3v) is 4.12. The zero-order valence-corrected chi connectivity index (χ0v) is 14.7. The van der Waals surface area contributed by atoms with Crippen LogP contribution in [0.5, 0.6) is 17.2 Å². The Bertz CT molecular complexity index is 838. The Morgan fingerprint density at radius 2 is 1.92 bits per heavy atom. The number of fused-ring (bicyclic) bond motifs is 1. The summed E-state index contributed by atoms with van der Waals surface area (Å²) in [5.41, 5.74) is 1.24. The van der Waals surface area contributed by atoms with Gasteiger partial charge in [0.25, 0.3) is 5.91 Å². The molecule has 0 spiro atoms.